The lowest BCUT2D eigenvalue weighted by atomic mass is 10.1. The summed E-state index contributed by atoms with van der Waals surface area (Å²) in [6.07, 6.45) is 3.83. The molecule has 0 aliphatic carbocycles. The quantitative estimate of drug-likeness (QED) is 0.739. The van der Waals surface area contributed by atoms with Gasteiger partial charge < -0.3 is 10.6 Å². The standard InChI is InChI=1S/C14H22N2O/c1-4-5-6-7-14(17)16-12-9-8-11(2)13(10-12)15-3/h8-10,15H,4-7H2,1-3H3,(H,16,17). The van der Waals surface area contributed by atoms with E-state index < -0.39 is 0 Å². The molecule has 0 saturated heterocycles. The second-order valence-electron chi connectivity index (χ2n) is 4.28. The van der Waals surface area contributed by atoms with E-state index in [0.29, 0.717) is 6.42 Å². The molecule has 0 fully saturated rings. The lowest BCUT2D eigenvalue weighted by Crippen LogP contribution is -2.11. The molecule has 17 heavy (non-hydrogen) atoms. The fraction of sp³-hybridized carbons (Fsp3) is 0.500. The van der Waals surface area contributed by atoms with Gasteiger partial charge >= 0.3 is 0 Å². The zero-order chi connectivity index (χ0) is 12.7. The first-order valence-corrected chi connectivity index (χ1v) is 6.25. The van der Waals surface area contributed by atoms with Crippen LogP contribution >= 0.6 is 0 Å². The zero-order valence-corrected chi connectivity index (χ0v) is 11.0. The van der Waals surface area contributed by atoms with E-state index in [1.165, 1.54) is 5.56 Å². The van der Waals surface area contributed by atoms with Crippen molar-refractivity contribution in [1.82, 2.24) is 0 Å². The third-order valence-corrected chi connectivity index (χ3v) is 2.80. The van der Waals surface area contributed by atoms with Gasteiger partial charge in [-0.1, -0.05) is 25.8 Å². The number of hydrogen-bond acceptors (Lipinski definition) is 2. The molecule has 0 heterocycles. The van der Waals surface area contributed by atoms with Gasteiger partial charge in [-0.2, -0.15) is 0 Å². The molecule has 0 aliphatic heterocycles. The number of hydrogen-bond donors (Lipinski definition) is 2. The molecule has 3 nitrogen and oxygen atoms in total. The van der Waals surface area contributed by atoms with E-state index in [-0.39, 0.29) is 5.91 Å². The Morgan fingerprint density at radius 1 is 1.29 bits per heavy atom. The van der Waals surface area contributed by atoms with Crippen LogP contribution in [-0.2, 0) is 4.79 Å². The number of amides is 1. The summed E-state index contributed by atoms with van der Waals surface area (Å²) >= 11 is 0. The van der Waals surface area contributed by atoms with Crippen molar-refractivity contribution >= 4 is 17.3 Å². The average molecular weight is 234 g/mol. The lowest BCUT2D eigenvalue weighted by Gasteiger charge is -2.09. The third-order valence-electron chi connectivity index (χ3n) is 2.80. The summed E-state index contributed by atoms with van der Waals surface area (Å²) in [5.74, 6) is 0.101. The van der Waals surface area contributed by atoms with Gasteiger partial charge in [-0.25, -0.2) is 0 Å². The Labute approximate surface area is 104 Å². The van der Waals surface area contributed by atoms with Crippen LogP contribution in [0.2, 0.25) is 0 Å². The minimum Gasteiger partial charge on any atom is -0.388 e. The van der Waals surface area contributed by atoms with E-state index in [4.69, 9.17) is 0 Å². The molecule has 1 amide bonds. The van der Waals surface area contributed by atoms with Crippen molar-refractivity contribution in [3.63, 3.8) is 0 Å². The number of benzene rings is 1. The van der Waals surface area contributed by atoms with Gasteiger partial charge in [0.1, 0.15) is 0 Å². The summed E-state index contributed by atoms with van der Waals surface area (Å²) in [5, 5.41) is 6.03. The fourth-order valence-electron chi connectivity index (χ4n) is 1.73. The van der Waals surface area contributed by atoms with Crippen molar-refractivity contribution in [2.24, 2.45) is 0 Å². The highest BCUT2D eigenvalue weighted by molar-refractivity contribution is 5.91. The van der Waals surface area contributed by atoms with Crippen LogP contribution in [-0.4, -0.2) is 13.0 Å². The minimum atomic E-state index is 0.101. The van der Waals surface area contributed by atoms with Gasteiger partial charge in [-0.3, -0.25) is 4.79 Å². The molecule has 0 saturated carbocycles. The second-order valence-corrected chi connectivity index (χ2v) is 4.28. The molecule has 0 aliphatic rings. The third kappa shape index (κ3) is 4.47. The number of rotatable bonds is 6. The molecule has 0 aromatic heterocycles. The Morgan fingerprint density at radius 2 is 2.06 bits per heavy atom. The number of aryl methyl sites for hydroxylation is 1. The first-order valence-electron chi connectivity index (χ1n) is 6.25. The topological polar surface area (TPSA) is 41.1 Å². The second kappa shape index (κ2) is 6.94. The molecule has 0 radical (unpaired) electrons. The van der Waals surface area contributed by atoms with Gasteiger partial charge in [-0.05, 0) is 31.0 Å². The number of unbranched alkanes of at least 4 members (excludes halogenated alkanes) is 2. The van der Waals surface area contributed by atoms with Crippen molar-refractivity contribution in [2.45, 2.75) is 39.5 Å². The fourth-order valence-corrected chi connectivity index (χ4v) is 1.73. The highest BCUT2D eigenvalue weighted by Crippen LogP contribution is 2.19. The molecular formula is C14H22N2O. The monoisotopic (exact) mass is 234 g/mol. The van der Waals surface area contributed by atoms with E-state index in [1.807, 2.05) is 32.2 Å². The number of carbonyl (C=O) groups excluding carboxylic acids is 1. The summed E-state index contributed by atoms with van der Waals surface area (Å²) in [7, 11) is 1.88. The summed E-state index contributed by atoms with van der Waals surface area (Å²) in [6.45, 7) is 4.18. The predicted octanol–water partition coefficient (Wildman–Crippen LogP) is 3.56. The van der Waals surface area contributed by atoms with Crippen molar-refractivity contribution in [2.75, 3.05) is 17.7 Å². The Balaban J connectivity index is 2.53. The van der Waals surface area contributed by atoms with Gasteiger partial charge in [0.25, 0.3) is 0 Å². The molecule has 1 aromatic carbocycles. The largest absolute Gasteiger partial charge is 0.388 e. The molecule has 2 N–H and O–H groups in total. The zero-order valence-electron chi connectivity index (χ0n) is 11.0. The van der Waals surface area contributed by atoms with Crippen molar-refractivity contribution in [1.29, 1.82) is 0 Å². The average Bonchev–Trinajstić information content (AvgIpc) is 2.32. The van der Waals surface area contributed by atoms with E-state index >= 15 is 0 Å². The van der Waals surface area contributed by atoms with Gasteiger partial charge in [0.05, 0.1) is 0 Å². The molecule has 3 heteroatoms. The number of nitrogens with one attached hydrogen (secondary N) is 2. The van der Waals surface area contributed by atoms with Crippen molar-refractivity contribution in [3.8, 4) is 0 Å². The maximum Gasteiger partial charge on any atom is 0.224 e. The van der Waals surface area contributed by atoms with E-state index in [1.54, 1.807) is 0 Å². The Kier molecular flexibility index (Phi) is 5.53. The predicted molar refractivity (Wildman–Crippen MR) is 73.5 cm³/mol. The van der Waals surface area contributed by atoms with Crippen molar-refractivity contribution in [3.05, 3.63) is 23.8 Å². The van der Waals surface area contributed by atoms with Crippen LogP contribution < -0.4 is 10.6 Å². The highest BCUT2D eigenvalue weighted by atomic mass is 16.1. The number of carbonyl (C=O) groups is 1. The molecule has 0 bridgehead atoms. The van der Waals surface area contributed by atoms with Crippen LogP contribution in [0.3, 0.4) is 0 Å². The van der Waals surface area contributed by atoms with Crippen LogP contribution in [0.25, 0.3) is 0 Å². The molecule has 0 unspecified atom stereocenters. The van der Waals surface area contributed by atoms with Gasteiger partial charge in [0, 0.05) is 24.8 Å². The van der Waals surface area contributed by atoms with Crippen LogP contribution in [0.1, 0.15) is 38.2 Å². The summed E-state index contributed by atoms with van der Waals surface area (Å²) in [5.41, 5.74) is 3.09. The summed E-state index contributed by atoms with van der Waals surface area (Å²) in [6, 6.07) is 5.91. The summed E-state index contributed by atoms with van der Waals surface area (Å²) < 4.78 is 0. The molecule has 0 spiro atoms. The SMILES string of the molecule is CCCCCC(=O)Nc1ccc(C)c(NC)c1. The van der Waals surface area contributed by atoms with E-state index in [2.05, 4.69) is 17.6 Å². The Hall–Kier alpha value is -1.51. The normalized spacial score (nSPS) is 10.1. The first-order chi connectivity index (χ1) is 8.17. The van der Waals surface area contributed by atoms with E-state index in [9.17, 15) is 4.79 Å². The maximum atomic E-state index is 11.6. The van der Waals surface area contributed by atoms with Crippen molar-refractivity contribution < 1.29 is 4.79 Å². The van der Waals surface area contributed by atoms with Crippen LogP contribution in [0.5, 0.6) is 0 Å². The van der Waals surface area contributed by atoms with E-state index in [0.717, 1.165) is 30.6 Å². The summed E-state index contributed by atoms with van der Waals surface area (Å²) in [4.78, 5) is 11.6. The maximum absolute atomic E-state index is 11.6. The molecule has 1 aromatic rings. The molecule has 0 atom stereocenters. The minimum absolute atomic E-state index is 0.101. The highest BCUT2D eigenvalue weighted by Gasteiger charge is 2.03. The Bertz CT molecular complexity index is 374. The smallest absolute Gasteiger partial charge is 0.224 e. The van der Waals surface area contributed by atoms with Gasteiger partial charge in [-0.15, -0.1) is 0 Å². The molecular weight excluding hydrogens is 212 g/mol. The van der Waals surface area contributed by atoms with Crippen LogP contribution in [0, 0.1) is 6.92 Å². The van der Waals surface area contributed by atoms with Gasteiger partial charge in [0.15, 0.2) is 0 Å². The Morgan fingerprint density at radius 3 is 2.71 bits per heavy atom. The lowest BCUT2D eigenvalue weighted by molar-refractivity contribution is -0.116. The van der Waals surface area contributed by atoms with Crippen LogP contribution in [0.4, 0.5) is 11.4 Å². The molecule has 1 rings (SSSR count). The van der Waals surface area contributed by atoms with Crippen LogP contribution in [0.15, 0.2) is 18.2 Å². The first kappa shape index (κ1) is 13.6. The molecule has 94 valence electrons. The number of anilines is 2. The van der Waals surface area contributed by atoms with Gasteiger partial charge in [0.2, 0.25) is 5.91 Å².